The van der Waals surface area contributed by atoms with Crippen LogP contribution < -0.4 is 5.56 Å². The predicted octanol–water partition coefficient (Wildman–Crippen LogP) is 2.60. The van der Waals surface area contributed by atoms with E-state index in [1.165, 1.54) is 0 Å². The molecule has 0 fully saturated rings. The van der Waals surface area contributed by atoms with E-state index >= 15 is 0 Å². The van der Waals surface area contributed by atoms with Gasteiger partial charge in [0.2, 0.25) is 0 Å². The van der Waals surface area contributed by atoms with Crippen LogP contribution in [-0.2, 0) is 16.1 Å². The van der Waals surface area contributed by atoms with Gasteiger partial charge in [0, 0.05) is 6.54 Å². The lowest BCUT2D eigenvalue weighted by atomic mass is 10.1. The Morgan fingerprint density at radius 2 is 2.17 bits per heavy atom. The van der Waals surface area contributed by atoms with Gasteiger partial charge in [-0.05, 0) is 24.5 Å². The van der Waals surface area contributed by atoms with Crippen LogP contribution in [0.1, 0.15) is 20.3 Å². The van der Waals surface area contributed by atoms with Crippen molar-refractivity contribution in [1.29, 1.82) is 5.26 Å². The van der Waals surface area contributed by atoms with Gasteiger partial charge in [-0.25, -0.2) is 4.98 Å². The van der Waals surface area contributed by atoms with Gasteiger partial charge >= 0.3 is 5.97 Å². The van der Waals surface area contributed by atoms with Crippen LogP contribution in [0.15, 0.2) is 34.2 Å². The number of carbonyl (C=O) groups is 1. The van der Waals surface area contributed by atoms with Crippen LogP contribution in [0.4, 0.5) is 0 Å². The van der Waals surface area contributed by atoms with Crippen LogP contribution in [0.3, 0.4) is 0 Å². The number of para-hydroxylation sites is 1. The molecule has 0 atom stereocenters. The minimum atomic E-state index is -0.501. The van der Waals surface area contributed by atoms with E-state index < -0.39 is 5.97 Å². The zero-order valence-corrected chi connectivity index (χ0v) is 14.5. The third-order valence-electron chi connectivity index (χ3n) is 3.37. The number of benzene rings is 1. The number of aromatic nitrogens is 2. The second-order valence-corrected chi connectivity index (χ2v) is 6.60. The largest absolute Gasteiger partial charge is 0.450 e. The number of rotatable bonds is 7. The number of fused-ring (bicyclic) bond motifs is 1. The van der Waals surface area contributed by atoms with E-state index in [9.17, 15) is 9.59 Å². The molecule has 2 aromatic rings. The molecule has 0 amide bonds. The molecule has 0 aliphatic carbocycles. The molecule has 0 spiro atoms. The first-order valence-electron chi connectivity index (χ1n) is 7.68. The smallest absolute Gasteiger partial charge is 0.317 e. The number of hydrogen-bond acceptors (Lipinski definition) is 6. The Morgan fingerprint density at radius 3 is 2.88 bits per heavy atom. The molecule has 7 heteroatoms. The van der Waals surface area contributed by atoms with E-state index in [0.717, 1.165) is 18.2 Å². The minimum absolute atomic E-state index is 0.00807. The van der Waals surface area contributed by atoms with Crippen molar-refractivity contribution in [2.75, 3.05) is 12.4 Å². The van der Waals surface area contributed by atoms with E-state index in [2.05, 4.69) is 18.8 Å². The van der Waals surface area contributed by atoms with Gasteiger partial charge in [-0.1, -0.05) is 37.7 Å². The molecule has 6 nitrogen and oxygen atoms in total. The fraction of sp³-hybridized carbons (Fsp3) is 0.412. The van der Waals surface area contributed by atoms with Gasteiger partial charge in [0.1, 0.15) is 6.07 Å². The van der Waals surface area contributed by atoms with Crippen LogP contribution in [0, 0.1) is 17.2 Å². The second kappa shape index (κ2) is 8.50. The number of hydrogen-bond donors (Lipinski definition) is 0. The number of nitrogens with zero attached hydrogens (tertiary/aromatic N) is 3. The summed E-state index contributed by atoms with van der Waals surface area (Å²) in [5.74, 6) is -0.0464. The predicted molar refractivity (Wildman–Crippen MR) is 92.8 cm³/mol. The first kappa shape index (κ1) is 18.0. The first-order valence-corrected chi connectivity index (χ1v) is 8.66. The molecule has 0 N–H and O–H groups in total. The van der Waals surface area contributed by atoms with Crippen LogP contribution >= 0.6 is 11.8 Å². The van der Waals surface area contributed by atoms with Gasteiger partial charge in [-0.2, -0.15) is 5.26 Å². The summed E-state index contributed by atoms with van der Waals surface area (Å²) in [4.78, 5) is 28.8. The average Bonchev–Trinajstić information content (AvgIpc) is 2.57. The lowest BCUT2D eigenvalue weighted by Crippen LogP contribution is -2.24. The third kappa shape index (κ3) is 4.59. The molecule has 126 valence electrons. The third-order valence-corrected chi connectivity index (χ3v) is 4.32. The van der Waals surface area contributed by atoms with Crippen molar-refractivity contribution in [3.63, 3.8) is 0 Å². The zero-order chi connectivity index (χ0) is 17.5. The standard InChI is InChI=1S/C17H19N3O3S/c1-12(2)7-9-20-16(22)13-5-3-4-6-14(13)19-17(20)24-11-15(21)23-10-8-18/h3-6,12H,7,9-11H2,1-2H3. The van der Waals surface area contributed by atoms with Crippen molar-refractivity contribution >= 4 is 28.6 Å². The summed E-state index contributed by atoms with van der Waals surface area (Å²) >= 11 is 1.15. The molecule has 1 aromatic carbocycles. The highest BCUT2D eigenvalue weighted by atomic mass is 32.2. The summed E-state index contributed by atoms with van der Waals surface area (Å²) in [6.45, 7) is 4.45. The molecule has 1 heterocycles. The fourth-order valence-electron chi connectivity index (χ4n) is 2.12. The molecule has 2 rings (SSSR count). The van der Waals surface area contributed by atoms with Gasteiger partial charge in [0.15, 0.2) is 11.8 Å². The number of esters is 1. The maximum absolute atomic E-state index is 12.7. The summed E-state index contributed by atoms with van der Waals surface area (Å²) in [5, 5.41) is 9.49. The Kier molecular flexibility index (Phi) is 6.38. The topological polar surface area (TPSA) is 85.0 Å². The van der Waals surface area contributed by atoms with Crippen molar-refractivity contribution in [3.8, 4) is 6.07 Å². The minimum Gasteiger partial charge on any atom is -0.450 e. The van der Waals surface area contributed by atoms with E-state index in [4.69, 9.17) is 10.00 Å². The monoisotopic (exact) mass is 345 g/mol. The lowest BCUT2D eigenvalue weighted by molar-refractivity contribution is -0.139. The van der Waals surface area contributed by atoms with Crippen LogP contribution in [0.5, 0.6) is 0 Å². The number of nitriles is 1. The SMILES string of the molecule is CC(C)CCn1c(SCC(=O)OCC#N)nc2ccccc2c1=O. The number of carbonyl (C=O) groups excluding carboxylic acids is 1. The molecule has 0 bridgehead atoms. The van der Waals surface area contributed by atoms with Crippen molar-refractivity contribution in [2.45, 2.75) is 32.0 Å². The van der Waals surface area contributed by atoms with Crippen LogP contribution in [0.25, 0.3) is 10.9 Å². The number of thioether (sulfide) groups is 1. The Labute approximate surface area is 144 Å². The maximum atomic E-state index is 12.7. The maximum Gasteiger partial charge on any atom is 0.317 e. The highest BCUT2D eigenvalue weighted by Gasteiger charge is 2.14. The van der Waals surface area contributed by atoms with Crippen molar-refractivity contribution in [3.05, 3.63) is 34.6 Å². The van der Waals surface area contributed by atoms with Crippen molar-refractivity contribution in [2.24, 2.45) is 5.92 Å². The highest BCUT2D eigenvalue weighted by Crippen LogP contribution is 2.19. The Morgan fingerprint density at radius 1 is 1.42 bits per heavy atom. The van der Waals surface area contributed by atoms with E-state index in [1.54, 1.807) is 22.8 Å². The van der Waals surface area contributed by atoms with Gasteiger partial charge in [-0.3, -0.25) is 14.2 Å². The Bertz CT molecular complexity index is 824. The summed E-state index contributed by atoms with van der Waals surface area (Å²) in [6, 6.07) is 8.92. The summed E-state index contributed by atoms with van der Waals surface area (Å²) in [7, 11) is 0. The molecular formula is C17H19N3O3S. The molecule has 0 aliphatic rings. The van der Waals surface area contributed by atoms with Gasteiger partial charge in [0.25, 0.3) is 5.56 Å². The Hall–Kier alpha value is -2.33. The van der Waals surface area contributed by atoms with Crippen molar-refractivity contribution < 1.29 is 9.53 Å². The highest BCUT2D eigenvalue weighted by molar-refractivity contribution is 7.99. The number of ether oxygens (including phenoxy) is 1. The van der Waals surface area contributed by atoms with Gasteiger partial charge < -0.3 is 4.74 Å². The molecule has 0 aliphatic heterocycles. The molecule has 24 heavy (non-hydrogen) atoms. The summed E-state index contributed by atoms with van der Waals surface area (Å²) < 4.78 is 6.35. The lowest BCUT2D eigenvalue weighted by Gasteiger charge is -2.14. The first-order chi connectivity index (χ1) is 11.5. The van der Waals surface area contributed by atoms with Gasteiger partial charge in [-0.15, -0.1) is 0 Å². The normalized spacial score (nSPS) is 10.8. The summed E-state index contributed by atoms with van der Waals surface area (Å²) in [6.07, 6.45) is 0.840. The summed E-state index contributed by atoms with van der Waals surface area (Å²) in [5.41, 5.74) is 0.505. The van der Waals surface area contributed by atoms with E-state index in [0.29, 0.717) is 28.5 Å². The molecule has 0 saturated heterocycles. The van der Waals surface area contributed by atoms with E-state index in [-0.39, 0.29) is 17.9 Å². The molecule has 0 radical (unpaired) electrons. The fourth-order valence-corrected chi connectivity index (χ4v) is 2.94. The van der Waals surface area contributed by atoms with Crippen molar-refractivity contribution in [1.82, 2.24) is 9.55 Å². The van der Waals surface area contributed by atoms with Crippen LogP contribution in [-0.4, -0.2) is 27.9 Å². The van der Waals surface area contributed by atoms with Crippen LogP contribution in [0.2, 0.25) is 0 Å². The van der Waals surface area contributed by atoms with E-state index in [1.807, 2.05) is 12.1 Å². The molecule has 1 aromatic heterocycles. The second-order valence-electron chi connectivity index (χ2n) is 5.66. The van der Waals surface area contributed by atoms with Gasteiger partial charge in [0.05, 0.1) is 16.7 Å². The quantitative estimate of drug-likeness (QED) is 0.436. The molecule has 0 unspecified atom stereocenters. The Balaban J connectivity index is 2.31. The molecular weight excluding hydrogens is 326 g/mol. The average molecular weight is 345 g/mol. The zero-order valence-electron chi connectivity index (χ0n) is 13.7. The molecule has 0 saturated carbocycles.